The Balaban J connectivity index is 0.00000220. The van der Waals surface area contributed by atoms with Crippen LogP contribution in [0.25, 0.3) is 0 Å². The summed E-state index contributed by atoms with van der Waals surface area (Å²) >= 11 is 0. The second-order valence-electron chi connectivity index (χ2n) is 5.67. The summed E-state index contributed by atoms with van der Waals surface area (Å²) in [6.45, 7) is 9.06. The zero-order valence-electron chi connectivity index (χ0n) is 12.8. The van der Waals surface area contributed by atoms with E-state index in [1.165, 1.54) is 0 Å². The Bertz CT molecular complexity index is 468. The summed E-state index contributed by atoms with van der Waals surface area (Å²) in [7, 11) is 0. The molecular formula is C15H24ClN3O2. The van der Waals surface area contributed by atoms with Crippen LogP contribution in [0, 0.1) is 5.92 Å². The first-order valence-electron chi connectivity index (χ1n) is 7.18. The first kappa shape index (κ1) is 17.7. The fourth-order valence-corrected chi connectivity index (χ4v) is 2.20. The Kier molecular flexibility index (Phi) is 6.92. The van der Waals surface area contributed by atoms with Crippen molar-refractivity contribution in [1.82, 2.24) is 15.2 Å². The molecule has 2 rings (SSSR count). The van der Waals surface area contributed by atoms with Crippen LogP contribution in [-0.2, 0) is 0 Å². The van der Waals surface area contributed by atoms with Crippen LogP contribution in [0.4, 0.5) is 0 Å². The van der Waals surface area contributed by atoms with Gasteiger partial charge in [-0.1, -0.05) is 13.8 Å². The lowest BCUT2D eigenvalue weighted by molar-refractivity contribution is 0.0703. The van der Waals surface area contributed by atoms with Crippen LogP contribution in [-0.4, -0.2) is 48.1 Å². The minimum absolute atomic E-state index is 0. The Labute approximate surface area is 132 Å². The van der Waals surface area contributed by atoms with Crippen LogP contribution in [0.3, 0.4) is 0 Å². The summed E-state index contributed by atoms with van der Waals surface area (Å²) < 4.78 is 5.66. The van der Waals surface area contributed by atoms with Crippen molar-refractivity contribution in [3.05, 3.63) is 23.9 Å². The minimum atomic E-state index is 0. The van der Waals surface area contributed by atoms with Crippen LogP contribution in [0.15, 0.2) is 18.3 Å². The number of carbonyl (C=O) groups is 1. The number of nitrogens with one attached hydrogen (secondary N) is 1. The van der Waals surface area contributed by atoms with E-state index in [-0.39, 0.29) is 18.3 Å². The average molecular weight is 314 g/mol. The third kappa shape index (κ3) is 4.86. The number of nitrogens with zero attached hydrogens (tertiary/aromatic N) is 2. The summed E-state index contributed by atoms with van der Waals surface area (Å²) in [6.07, 6.45) is 1.66. The van der Waals surface area contributed by atoms with E-state index >= 15 is 0 Å². The minimum Gasteiger partial charge on any atom is -0.477 e. The standard InChI is InChI=1S/C15H23N3O2.ClH/c1-11(2)10-20-14-13(5-4-6-17-14)15(19)18-8-7-16-12(3)9-18;/h4-6,11-12,16H,7-10H2,1-3H3;1H/t12-;/m1./s1. The molecule has 0 bridgehead atoms. The van der Waals surface area contributed by atoms with E-state index in [2.05, 4.69) is 31.1 Å². The maximum Gasteiger partial charge on any atom is 0.259 e. The summed E-state index contributed by atoms with van der Waals surface area (Å²) in [6, 6.07) is 3.89. The van der Waals surface area contributed by atoms with E-state index in [0.29, 0.717) is 30.0 Å². The van der Waals surface area contributed by atoms with E-state index in [1.807, 2.05) is 4.90 Å². The third-order valence-corrected chi connectivity index (χ3v) is 3.21. The lowest BCUT2D eigenvalue weighted by Gasteiger charge is -2.32. The quantitative estimate of drug-likeness (QED) is 0.923. The molecule has 0 aliphatic carbocycles. The van der Waals surface area contributed by atoms with Gasteiger partial charge in [-0.25, -0.2) is 4.98 Å². The monoisotopic (exact) mass is 313 g/mol. The molecule has 1 saturated heterocycles. The molecule has 1 N–H and O–H groups in total. The van der Waals surface area contributed by atoms with Gasteiger partial charge in [-0.15, -0.1) is 12.4 Å². The van der Waals surface area contributed by atoms with E-state index in [4.69, 9.17) is 4.74 Å². The number of hydrogen-bond acceptors (Lipinski definition) is 4. The van der Waals surface area contributed by atoms with Crippen molar-refractivity contribution in [2.45, 2.75) is 26.8 Å². The number of carbonyl (C=O) groups excluding carboxylic acids is 1. The maximum absolute atomic E-state index is 12.6. The molecule has 2 heterocycles. The van der Waals surface area contributed by atoms with Crippen LogP contribution >= 0.6 is 12.4 Å². The average Bonchev–Trinajstić information content (AvgIpc) is 2.44. The fourth-order valence-electron chi connectivity index (χ4n) is 2.20. The third-order valence-electron chi connectivity index (χ3n) is 3.21. The Hall–Kier alpha value is -1.33. The van der Waals surface area contributed by atoms with Gasteiger partial charge in [-0.2, -0.15) is 0 Å². The lowest BCUT2D eigenvalue weighted by atomic mass is 10.2. The highest BCUT2D eigenvalue weighted by atomic mass is 35.5. The number of aromatic nitrogens is 1. The van der Waals surface area contributed by atoms with Crippen molar-refractivity contribution in [2.75, 3.05) is 26.2 Å². The van der Waals surface area contributed by atoms with Crippen LogP contribution in [0.2, 0.25) is 0 Å². The highest BCUT2D eigenvalue weighted by molar-refractivity contribution is 5.96. The van der Waals surface area contributed by atoms with Crippen molar-refractivity contribution < 1.29 is 9.53 Å². The van der Waals surface area contributed by atoms with Gasteiger partial charge in [0.15, 0.2) is 0 Å². The molecule has 5 nitrogen and oxygen atoms in total. The van der Waals surface area contributed by atoms with Gasteiger partial charge in [0, 0.05) is 31.9 Å². The predicted octanol–water partition coefficient (Wildman–Crippen LogP) is 1.97. The normalized spacial score (nSPS) is 18.3. The van der Waals surface area contributed by atoms with Crippen LogP contribution < -0.4 is 10.1 Å². The first-order chi connectivity index (χ1) is 9.58. The largest absolute Gasteiger partial charge is 0.477 e. The summed E-state index contributed by atoms with van der Waals surface area (Å²) in [5.74, 6) is 0.849. The van der Waals surface area contributed by atoms with Crippen molar-refractivity contribution in [2.24, 2.45) is 5.92 Å². The van der Waals surface area contributed by atoms with Gasteiger partial charge in [0.05, 0.1) is 6.61 Å². The molecule has 1 atom stereocenters. The molecule has 1 fully saturated rings. The van der Waals surface area contributed by atoms with Gasteiger partial charge < -0.3 is 15.0 Å². The molecule has 118 valence electrons. The molecule has 1 aliphatic rings. The fraction of sp³-hybridized carbons (Fsp3) is 0.600. The molecule has 0 spiro atoms. The Morgan fingerprint density at radius 3 is 3.00 bits per heavy atom. The topological polar surface area (TPSA) is 54.5 Å². The molecule has 21 heavy (non-hydrogen) atoms. The molecule has 1 aromatic rings. The molecule has 0 unspecified atom stereocenters. The summed E-state index contributed by atoms with van der Waals surface area (Å²) in [4.78, 5) is 18.7. The van der Waals surface area contributed by atoms with Gasteiger partial charge in [0.1, 0.15) is 5.56 Å². The molecule has 0 saturated carbocycles. The van der Waals surface area contributed by atoms with Gasteiger partial charge in [0.25, 0.3) is 5.91 Å². The van der Waals surface area contributed by atoms with Gasteiger partial charge in [-0.3, -0.25) is 4.79 Å². The van der Waals surface area contributed by atoms with Crippen molar-refractivity contribution in [3.8, 4) is 5.88 Å². The van der Waals surface area contributed by atoms with E-state index in [0.717, 1.165) is 19.6 Å². The second-order valence-corrected chi connectivity index (χ2v) is 5.67. The molecule has 1 aromatic heterocycles. The van der Waals surface area contributed by atoms with Crippen molar-refractivity contribution >= 4 is 18.3 Å². The van der Waals surface area contributed by atoms with Crippen molar-refractivity contribution in [3.63, 3.8) is 0 Å². The predicted molar refractivity (Wildman–Crippen MR) is 85.2 cm³/mol. The SMILES string of the molecule is CC(C)COc1ncccc1C(=O)N1CCN[C@H](C)C1.Cl. The summed E-state index contributed by atoms with van der Waals surface area (Å²) in [5, 5.41) is 3.33. The molecular weight excluding hydrogens is 290 g/mol. The Morgan fingerprint density at radius 1 is 1.57 bits per heavy atom. The Morgan fingerprint density at radius 2 is 2.33 bits per heavy atom. The molecule has 1 aliphatic heterocycles. The van der Waals surface area contributed by atoms with E-state index in [9.17, 15) is 4.79 Å². The van der Waals surface area contributed by atoms with E-state index in [1.54, 1.807) is 18.3 Å². The van der Waals surface area contributed by atoms with Gasteiger partial charge >= 0.3 is 0 Å². The number of halogens is 1. The second kappa shape index (κ2) is 8.20. The van der Waals surface area contributed by atoms with Crippen molar-refractivity contribution in [1.29, 1.82) is 0 Å². The number of hydrogen-bond donors (Lipinski definition) is 1. The molecule has 0 aromatic carbocycles. The van der Waals surface area contributed by atoms with Gasteiger partial charge in [-0.05, 0) is 25.0 Å². The van der Waals surface area contributed by atoms with Gasteiger partial charge in [0.2, 0.25) is 5.88 Å². The van der Waals surface area contributed by atoms with Crippen LogP contribution in [0.1, 0.15) is 31.1 Å². The summed E-state index contributed by atoms with van der Waals surface area (Å²) in [5.41, 5.74) is 0.558. The lowest BCUT2D eigenvalue weighted by Crippen LogP contribution is -2.51. The zero-order chi connectivity index (χ0) is 14.5. The first-order valence-corrected chi connectivity index (χ1v) is 7.18. The highest BCUT2D eigenvalue weighted by Gasteiger charge is 2.24. The maximum atomic E-state index is 12.6. The van der Waals surface area contributed by atoms with Crippen LogP contribution in [0.5, 0.6) is 5.88 Å². The number of pyridine rings is 1. The zero-order valence-corrected chi connectivity index (χ0v) is 13.7. The number of ether oxygens (including phenoxy) is 1. The number of piperazine rings is 1. The molecule has 6 heteroatoms. The smallest absolute Gasteiger partial charge is 0.259 e. The number of rotatable bonds is 4. The highest BCUT2D eigenvalue weighted by Crippen LogP contribution is 2.18. The number of amides is 1. The molecule has 1 amide bonds. The van der Waals surface area contributed by atoms with E-state index < -0.39 is 0 Å². The molecule has 0 radical (unpaired) electrons.